The lowest BCUT2D eigenvalue weighted by Crippen LogP contribution is -2.18. The fraction of sp³-hybridized carbons (Fsp3) is 0.0588. The highest BCUT2D eigenvalue weighted by atomic mass is 35.5. The number of halogens is 3. The van der Waals surface area contributed by atoms with Crippen molar-refractivity contribution < 1.29 is 4.79 Å². The Morgan fingerprint density at radius 1 is 1.19 bits per heavy atom. The number of hydrogen-bond acceptors (Lipinski definition) is 4. The largest absolute Gasteiger partial charge is 0.291 e. The number of carbonyl (C=O) groups excluding carboxylic acids is 1. The summed E-state index contributed by atoms with van der Waals surface area (Å²) >= 11 is 18.4. The highest BCUT2D eigenvalue weighted by molar-refractivity contribution is 6.40. The number of pyridine rings is 1. The number of hydrazone groups is 1. The minimum absolute atomic E-state index is 0.169. The van der Waals surface area contributed by atoms with Gasteiger partial charge in [0, 0.05) is 16.9 Å². The van der Waals surface area contributed by atoms with Crippen molar-refractivity contribution in [3.63, 3.8) is 0 Å². The van der Waals surface area contributed by atoms with Crippen LogP contribution in [0.15, 0.2) is 47.7 Å². The van der Waals surface area contributed by atoms with E-state index in [0.717, 1.165) is 0 Å². The van der Waals surface area contributed by atoms with Crippen LogP contribution in [0.4, 0.5) is 0 Å². The van der Waals surface area contributed by atoms with Crippen LogP contribution in [0.2, 0.25) is 15.1 Å². The monoisotopic (exact) mass is 407 g/mol. The van der Waals surface area contributed by atoms with E-state index in [4.69, 9.17) is 34.8 Å². The molecule has 0 saturated carbocycles. The molecule has 3 aromatic rings. The van der Waals surface area contributed by atoms with Gasteiger partial charge in [-0.05, 0) is 37.3 Å². The Morgan fingerprint density at radius 3 is 2.58 bits per heavy atom. The van der Waals surface area contributed by atoms with Crippen LogP contribution in [0.3, 0.4) is 0 Å². The van der Waals surface area contributed by atoms with Gasteiger partial charge in [-0.2, -0.15) is 10.2 Å². The molecule has 132 valence electrons. The van der Waals surface area contributed by atoms with Crippen LogP contribution in [0.25, 0.3) is 5.69 Å². The van der Waals surface area contributed by atoms with Crippen LogP contribution in [0.5, 0.6) is 0 Å². The zero-order chi connectivity index (χ0) is 18.7. The molecule has 2 aromatic heterocycles. The minimum Gasteiger partial charge on any atom is -0.265 e. The Hall–Kier alpha value is -2.41. The molecule has 3 rings (SSSR count). The summed E-state index contributed by atoms with van der Waals surface area (Å²) in [5.41, 5.74) is 4.32. The summed E-state index contributed by atoms with van der Waals surface area (Å²) in [6, 6.07) is 10.1. The number of benzene rings is 1. The molecule has 9 heteroatoms. The molecule has 0 unspecified atom stereocenters. The summed E-state index contributed by atoms with van der Waals surface area (Å²) in [5, 5.41) is 9.20. The van der Waals surface area contributed by atoms with Crippen LogP contribution in [0.1, 0.15) is 21.9 Å². The Balaban J connectivity index is 1.82. The minimum atomic E-state index is -0.472. The molecule has 0 atom stereocenters. The average molecular weight is 409 g/mol. The molecular formula is C17H12Cl3N5O. The lowest BCUT2D eigenvalue weighted by molar-refractivity contribution is 0.0949. The fourth-order valence-corrected chi connectivity index (χ4v) is 3.19. The summed E-state index contributed by atoms with van der Waals surface area (Å²) in [5.74, 6) is -0.472. The van der Waals surface area contributed by atoms with Crippen LogP contribution >= 0.6 is 34.8 Å². The van der Waals surface area contributed by atoms with Crippen molar-refractivity contribution in [2.75, 3.05) is 0 Å². The number of nitrogens with one attached hydrogen (secondary N) is 1. The van der Waals surface area contributed by atoms with E-state index < -0.39 is 5.91 Å². The number of aromatic nitrogens is 3. The van der Waals surface area contributed by atoms with Gasteiger partial charge < -0.3 is 0 Å². The molecule has 0 bridgehead atoms. The van der Waals surface area contributed by atoms with E-state index in [1.54, 1.807) is 43.5 Å². The lowest BCUT2D eigenvalue weighted by Gasteiger charge is -2.09. The van der Waals surface area contributed by atoms with Crippen LogP contribution in [0, 0.1) is 6.92 Å². The number of hydrogen-bond donors (Lipinski definition) is 1. The van der Waals surface area contributed by atoms with Gasteiger partial charge in [0.25, 0.3) is 5.91 Å². The van der Waals surface area contributed by atoms with Gasteiger partial charge in [0.15, 0.2) is 5.69 Å². The second kappa shape index (κ2) is 7.86. The van der Waals surface area contributed by atoms with Crippen molar-refractivity contribution in [1.29, 1.82) is 0 Å². The van der Waals surface area contributed by atoms with Crippen LogP contribution < -0.4 is 5.43 Å². The van der Waals surface area contributed by atoms with Crippen molar-refractivity contribution in [2.45, 2.75) is 6.92 Å². The maximum atomic E-state index is 12.2. The first-order chi connectivity index (χ1) is 12.5. The van der Waals surface area contributed by atoms with Crippen molar-refractivity contribution in [1.82, 2.24) is 20.2 Å². The van der Waals surface area contributed by atoms with Crippen LogP contribution in [-0.4, -0.2) is 26.9 Å². The first-order valence-corrected chi connectivity index (χ1v) is 8.55. The van der Waals surface area contributed by atoms with Crippen molar-refractivity contribution in [3.8, 4) is 5.69 Å². The standard InChI is InChI=1S/C17H12Cl3N5O/c1-10-6-15(17(26)23-22-9-12-4-2-3-5-21-12)24-25(10)16-13(19)7-11(18)8-14(16)20/h2-9H,1H3,(H,23,26)/b22-9+. The molecule has 1 N–H and O–H groups in total. The zero-order valence-corrected chi connectivity index (χ0v) is 15.7. The Labute approximate surface area is 164 Å². The van der Waals surface area contributed by atoms with Gasteiger partial charge in [-0.15, -0.1) is 0 Å². The molecule has 0 spiro atoms. The highest BCUT2D eigenvalue weighted by Crippen LogP contribution is 2.32. The van der Waals surface area contributed by atoms with Gasteiger partial charge in [0.1, 0.15) is 5.69 Å². The summed E-state index contributed by atoms with van der Waals surface area (Å²) in [6.45, 7) is 1.78. The molecule has 2 heterocycles. The summed E-state index contributed by atoms with van der Waals surface area (Å²) in [6.07, 6.45) is 3.07. The zero-order valence-electron chi connectivity index (χ0n) is 13.4. The van der Waals surface area contributed by atoms with E-state index in [9.17, 15) is 4.79 Å². The third-order valence-corrected chi connectivity index (χ3v) is 4.16. The molecule has 0 aliphatic heterocycles. The maximum absolute atomic E-state index is 12.2. The molecule has 1 amide bonds. The first-order valence-electron chi connectivity index (χ1n) is 7.41. The highest BCUT2D eigenvalue weighted by Gasteiger charge is 2.17. The summed E-state index contributed by atoms with van der Waals surface area (Å²) in [7, 11) is 0. The number of amides is 1. The molecule has 0 radical (unpaired) electrons. The Kier molecular flexibility index (Phi) is 5.56. The van der Waals surface area contributed by atoms with Gasteiger partial charge in [-0.25, -0.2) is 10.1 Å². The first kappa shape index (κ1) is 18.4. The van der Waals surface area contributed by atoms with E-state index >= 15 is 0 Å². The van der Waals surface area contributed by atoms with Gasteiger partial charge in [0.2, 0.25) is 0 Å². The topological polar surface area (TPSA) is 72.2 Å². The predicted molar refractivity (Wildman–Crippen MR) is 103 cm³/mol. The van der Waals surface area contributed by atoms with Gasteiger partial charge >= 0.3 is 0 Å². The van der Waals surface area contributed by atoms with Crippen LogP contribution in [-0.2, 0) is 0 Å². The smallest absolute Gasteiger partial charge is 0.265 e. The third-order valence-electron chi connectivity index (χ3n) is 3.36. The number of aryl methyl sites for hydroxylation is 1. The Bertz CT molecular complexity index is 962. The second-order valence-corrected chi connectivity index (χ2v) is 6.51. The van der Waals surface area contributed by atoms with E-state index in [2.05, 4.69) is 20.6 Å². The average Bonchev–Trinajstić information content (AvgIpc) is 2.97. The molecule has 0 saturated heterocycles. The summed E-state index contributed by atoms with van der Waals surface area (Å²) < 4.78 is 1.48. The van der Waals surface area contributed by atoms with Gasteiger partial charge in [0.05, 0.1) is 22.0 Å². The van der Waals surface area contributed by atoms with Crippen molar-refractivity contribution in [3.05, 3.63) is 74.7 Å². The van der Waals surface area contributed by atoms with E-state index in [0.29, 0.717) is 32.1 Å². The maximum Gasteiger partial charge on any atom is 0.291 e. The third kappa shape index (κ3) is 4.04. The molecule has 1 aromatic carbocycles. The van der Waals surface area contributed by atoms with Crippen molar-refractivity contribution in [2.24, 2.45) is 5.10 Å². The fourth-order valence-electron chi connectivity index (χ4n) is 2.22. The second-order valence-electron chi connectivity index (χ2n) is 5.25. The normalized spacial score (nSPS) is 11.1. The number of rotatable bonds is 4. The molecule has 26 heavy (non-hydrogen) atoms. The Morgan fingerprint density at radius 2 is 1.92 bits per heavy atom. The predicted octanol–water partition coefficient (Wildman–Crippen LogP) is 4.30. The van der Waals surface area contributed by atoms with E-state index in [1.165, 1.54) is 10.9 Å². The SMILES string of the molecule is Cc1cc(C(=O)N/N=C/c2ccccn2)nn1-c1c(Cl)cc(Cl)cc1Cl. The molecule has 0 aliphatic carbocycles. The van der Waals surface area contributed by atoms with Crippen molar-refractivity contribution >= 4 is 46.9 Å². The number of carbonyl (C=O) groups is 1. The van der Waals surface area contributed by atoms with Gasteiger partial charge in [-0.1, -0.05) is 40.9 Å². The lowest BCUT2D eigenvalue weighted by atomic mass is 10.3. The van der Waals surface area contributed by atoms with Gasteiger partial charge in [-0.3, -0.25) is 9.78 Å². The van der Waals surface area contributed by atoms with E-state index in [-0.39, 0.29) is 5.69 Å². The molecule has 0 fully saturated rings. The molecular weight excluding hydrogens is 397 g/mol. The molecule has 6 nitrogen and oxygen atoms in total. The number of nitrogens with zero attached hydrogens (tertiary/aromatic N) is 4. The quantitative estimate of drug-likeness (QED) is 0.517. The molecule has 0 aliphatic rings. The summed E-state index contributed by atoms with van der Waals surface area (Å²) in [4.78, 5) is 16.3. The van der Waals surface area contributed by atoms with E-state index in [1.807, 2.05) is 6.07 Å².